The molecule has 0 aromatic heterocycles. The van der Waals surface area contributed by atoms with E-state index in [1.54, 1.807) is 18.2 Å². The van der Waals surface area contributed by atoms with Crippen LogP contribution in [0.3, 0.4) is 0 Å². The van der Waals surface area contributed by atoms with Crippen LogP contribution in [0.4, 0.5) is 0 Å². The molecule has 0 fully saturated rings. The van der Waals surface area contributed by atoms with Crippen molar-refractivity contribution in [1.82, 2.24) is 0 Å². The van der Waals surface area contributed by atoms with E-state index < -0.39 is 2.69 Å². The number of halogens is 3. The van der Waals surface area contributed by atoms with Gasteiger partial charge in [0.1, 0.15) is 0 Å². The standard InChI is InChI=1S/C8H4Br2ClN/c9-8(10,11)7-3-1-2-6(4-7)5-12/h1-4H. The van der Waals surface area contributed by atoms with Crippen molar-refractivity contribution >= 4 is 43.5 Å². The second-order valence-electron chi connectivity index (χ2n) is 2.19. The average Bonchev–Trinajstić information content (AvgIpc) is 2.03. The van der Waals surface area contributed by atoms with E-state index in [9.17, 15) is 0 Å². The molecule has 1 nitrogen and oxygen atoms in total. The first kappa shape index (κ1) is 10.0. The SMILES string of the molecule is N#Cc1cccc(C(Cl)(Br)Br)c1. The number of nitrogens with zero attached hydrogens (tertiary/aromatic N) is 1. The minimum atomic E-state index is -0.771. The highest BCUT2D eigenvalue weighted by Crippen LogP contribution is 2.42. The van der Waals surface area contributed by atoms with Crippen molar-refractivity contribution in [2.24, 2.45) is 0 Å². The molecule has 62 valence electrons. The van der Waals surface area contributed by atoms with Crippen LogP contribution in [0.5, 0.6) is 0 Å². The molecule has 0 bridgehead atoms. The quantitative estimate of drug-likeness (QED) is 0.726. The Morgan fingerprint density at radius 1 is 1.42 bits per heavy atom. The number of rotatable bonds is 1. The van der Waals surface area contributed by atoms with Gasteiger partial charge in [-0.1, -0.05) is 23.7 Å². The predicted octanol–water partition coefficient (Wildman–Crippen LogP) is 3.70. The smallest absolute Gasteiger partial charge is 0.178 e. The highest BCUT2D eigenvalue weighted by atomic mass is 79.9. The van der Waals surface area contributed by atoms with E-state index >= 15 is 0 Å². The van der Waals surface area contributed by atoms with Crippen molar-refractivity contribution in [3.63, 3.8) is 0 Å². The average molecular weight is 309 g/mol. The molecule has 0 saturated heterocycles. The van der Waals surface area contributed by atoms with Crippen molar-refractivity contribution in [3.05, 3.63) is 35.4 Å². The van der Waals surface area contributed by atoms with Crippen molar-refractivity contribution < 1.29 is 0 Å². The fraction of sp³-hybridized carbons (Fsp3) is 0.125. The third-order valence-electron chi connectivity index (χ3n) is 1.32. The summed E-state index contributed by atoms with van der Waals surface area (Å²) < 4.78 is -0.771. The second kappa shape index (κ2) is 3.78. The number of alkyl halides is 3. The summed E-state index contributed by atoms with van der Waals surface area (Å²) in [6.45, 7) is 0. The number of hydrogen-bond acceptors (Lipinski definition) is 1. The molecule has 0 radical (unpaired) electrons. The van der Waals surface area contributed by atoms with Gasteiger partial charge in [-0.25, -0.2) is 0 Å². The first-order chi connectivity index (χ1) is 5.54. The van der Waals surface area contributed by atoms with Gasteiger partial charge in [-0.05, 0) is 49.6 Å². The number of hydrogen-bond donors (Lipinski definition) is 0. The van der Waals surface area contributed by atoms with Crippen molar-refractivity contribution in [1.29, 1.82) is 5.26 Å². The minimum absolute atomic E-state index is 0.594. The maximum absolute atomic E-state index is 8.60. The predicted molar refractivity (Wildman–Crippen MR) is 56.5 cm³/mol. The number of nitriles is 1. The zero-order valence-electron chi connectivity index (χ0n) is 5.89. The molecule has 12 heavy (non-hydrogen) atoms. The molecule has 0 aliphatic heterocycles. The molecule has 0 aliphatic carbocycles. The van der Waals surface area contributed by atoms with Crippen LogP contribution in [-0.2, 0) is 2.69 Å². The Kier molecular flexibility index (Phi) is 3.16. The summed E-state index contributed by atoms with van der Waals surface area (Å²) in [5, 5.41) is 8.60. The maximum Gasteiger partial charge on any atom is 0.178 e. The molecule has 0 spiro atoms. The molecule has 1 aromatic carbocycles. The van der Waals surface area contributed by atoms with Gasteiger partial charge in [0.05, 0.1) is 11.6 Å². The maximum atomic E-state index is 8.60. The molecule has 0 saturated carbocycles. The zero-order valence-corrected chi connectivity index (χ0v) is 9.82. The zero-order chi connectivity index (χ0) is 9.19. The largest absolute Gasteiger partial charge is 0.192 e. The summed E-state index contributed by atoms with van der Waals surface area (Å²) in [5.74, 6) is 0. The van der Waals surface area contributed by atoms with E-state index in [1.165, 1.54) is 0 Å². The lowest BCUT2D eigenvalue weighted by Gasteiger charge is -2.11. The molecule has 1 rings (SSSR count). The van der Waals surface area contributed by atoms with Gasteiger partial charge < -0.3 is 0 Å². The molecular weight excluding hydrogens is 305 g/mol. The molecule has 0 aliphatic rings. The normalized spacial score (nSPS) is 10.8. The van der Waals surface area contributed by atoms with E-state index in [0.717, 1.165) is 5.56 Å². The van der Waals surface area contributed by atoms with Crippen molar-refractivity contribution in [3.8, 4) is 6.07 Å². The Bertz CT molecular complexity index is 325. The molecule has 1 aromatic rings. The third kappa shape index (κ3) is 2.48. The fourth-order valence-electron chi connectivity index (χ4n) is 0.765. The van der Waals surface area contributed by atoms with Crippen LogP contribution in [0, 0.1) is 11.3 Å². The lowest BCUT2D eigenvalue weighted by atomic mass is 10.2. The van der Waals surface area contributed by atoms with Crippen LogP contribution in [0.1, 0.15) is 11.1 Å². The Balaban J connectivity index is 3.13. The topological polar surface area (TPSA) is 23.8 Å². The Labute approximate surface area is 92.6 Å². The van der Waals surface area contributed by atoms with Crippen LogP contribution in [-0.4, -0.2) is 0 Å². The van der Waals surface area contributed by atoms with Crippen LogP contribution in [0.2, 0.25) is 0 Å². The Morgan fingerprint density at radius 3 is 2.58 bits per heavy atom. The minimum Gasteiger partial charge on any atom is -0.192 e. The lowest BCUT2D eigenvalue weighted by molar-refractivity contribution is 1.31. The van der Waals surface area contributed by atoms with Crippen LogP contribution < -0.4 is 0 Å². The van der Waals surface area contributed by atoms with Gasteiger partial charge in [0.2, 0.25) is 0 Å². The summed E-state index contributed by atoms with van der Waals surface area (Å²) in [6.07, 6.45) is 0. The van der Waals surface area contributed by atoms with Gasteiger partial charge in [-0.3, -0.25) is 0 Å². The van der Waals surface area contributed by atoms with E-state index in [1.807, 2.05) is 12.1 Å². The molecule has 0 atom stereocenters. The molecule has 0 N–H and O–H groups in total. The molecular formula is C8H4Br2ClN. The van der Waals surface area contributed by atoms with Gasteiger partial charge >= 0.3 is 0 Å². The molecule has 0 unspecified atom stereocenters. The van der Waals surface area contributed by atoms with Crippen LogP contribution in [0.15, 0.2) is 24.3 Å². The van der Waals surface area contributed by atoms with E-state index in [-0.39, 0.29) is 0 Å². The molecule has 0 amide bonds. The van der Waals surface area contributed by atoms with Gasteiger partial charge in [0.15, 0.2) is 2.69 Å². The van der Waals surface area contributed by atoms with Crippen LogP contribution in [0.25, 0.3) is 0 Å². The first-order valence-electron chi connectivity index (χ1n) is 3.11. The Morgan fingerprint density at radius 2 is 2.08 bits per heavy atom. The second-order valence-corrected chi connectivity index (χ2v) is 7.11. The summed E-state index contributed by atoms with van der Waals surface area (Å²) in [6, 6.07) is 9.10. The van der Waals surface area contributed by atoms with Crippen molar-refractivity contribution in [2.45, 2.75) is 2.69 Å². The molecule has 0 heterocycles. The molecule has 4 heteroatoms. The highest BCUT2D eigenvalue weighted by Gasteiger charge is 2.21. The summed E-state index contributed by atoms with van der Waals surface area (Å²) in [4.78, 5) is 0. The monoisotopic (exact) mass is 307 g/mol. The van der Waals surface area contributed by atoms with E-state index in [2.05, 4.69) is 31.9 Å². The third-order valence-corrected chi connectivity index (χ3v) is 2.45. The van der Waals surface area contributed by atoms with E-state index in [4.69, 9.17) is 16.9 Å². The van der Waals surface area contributed by atoms with E-state index in [0.29, 0.717) is 5.56 Å². The van der Waals surface area contributed by atoms with Gasteiger partial charge in [0, 0.05) is 0 Å². The summed E-state index contributed by atoms with van der Waals surface area (Å²) in [7, 11) is 0. The summed E-state index contributed by atoms with van der Waals surface area (Å²) >= 11 is 12.4. The first-order valence-corrected chi connectivity index (χ1v) is 5.08. The Hall–Kier alpha value is -0.0400. The van der Waals surface area contributed by atoms with Crippen LogP contribution >= 0.6 is 43.5 Å². The van der Waals surface area contributed by atoms with Crippen molar-refractivity contribution in [2.75, 3.05) is 0 Å². The number of benzene rings is 1. The van der Waals surface area contributed by atoms with Gasteiger partial charge in [0.25, 0.3) is 0 Å². The summed E-state index contributed by atoms with van der Waals surface area (Å²) in [5.41, 5.74) is 1.40. The van der Waals surface area contributed by atoms with Gasteiger partial charge in [-0.15, -0.1) is 0 Å². The lowest BCUT2D eigenvalue weighted by Crippen LogP contribution is -1.97. The highest BCUT2D eigenvalue weighted by molar-refractivity contribution is 9.25. The van der Waals surface area contributed by atoms with Gasteiger partial charge in [-0.2, -0.15) is 5.26 Å². The fourth-order valence-corrected chi connectivity index (χ4v) is 1.38.